The SMILES string of the molecule is CCCCCCCCSSC1=C[C@H](n2cc(C)c(=O)[nH]c2=O)O[C@@H]1CO. The van der Waals surface area contributed by atoms with E-state index in [0.717, 1.165) is 10.7 Å². The smallest absolute Gasteiger partial charge is 0.330 e. The predicted molar refractivity (Wildman–Crippen MR) is 109 cm³/mol. The number of rotatable bonds is 11. The van der Waals surface area contributed by atoms with Crippen LogP contribution in [-0.2, 0) is 4.74 Å². The molecule has 0 amide bonds. The van der Waals surface area contributed by atoms with Crippen LogP contribution in [0.5, 0.6) is 0 Å². The van der Waals surface area contributed by atoms with Crippen LogP contribution in [0, 0.1) is 6.92 Å². The minimum atomic E-state index is -0.604. The number of aryl methyl sites for hydroxylation is 1. The van der Waals surface area contributed by atoms with Gasteiger partial charge in [-0.25, -0.2) is 4.79 Å². The van der Waals surface area contributed by atoms with E-state index >= 15 is 0 Å². The molecule has 0 radical (unpaired) electrons. The Hall–Kier alpha value is -0.960. The summed E-state index contributed by atoms with van der Waals surface area (Å²) >= 11 is 0. The fraction of sp³-hybridized carbons (Fsp3) is 0.667. The summed E-state index contributed by atoms with van der Waals surface area (Å²) in [5, 5.41) is 9.56. The van der Waals surface area contributed by atoms with Crippen molar-refractivity contribution in [3.05, 3.63) is 43.6 Å². The summed E-state index contributed by atoms with van der Waals surface area (Å²) in [6.45, 7) is 3.73. The van der Waals surface area contributed by atoms with Gasteiger partial charge in [0.2, 0.25) is 0 Å². The van der Waals surface area contributed by atoms with Gasteiger partial charge in [-0.05, 0) is 19.4 Å². The van der Waals surface area contributed by atoms with Crippen LogP contribution in [0.4, 0.5) is 0 Å². The Balaban J connectivity index is 1.88. The third kappa shape index (κ3) is 6.04. The topological polar surface area (TPSA) is 84.3 Å². The summed E-state index contributed by atoms with van der Waals surface area (Å²) < 4.78 is 7.12. The van der Waals surface area contributed by atoms with Crippen molar-refractivity contribution in [3.8, 4) is 0 Å². The van der Waals surface area contributed by atoms with Gasteiger partial charge in [-0.3, -0.25) is 14.3 Å². The molecule has 0 fully saturated rings. The Morgan fingerprint density at radius 1 is 1.23 bits per heavy atom. The van der Waals surface area contributed by atoms with Crippen LogP contribution in [0.2, 0.25) is 0 Å². The molecule has 1 aliphatic heterocycles. The molecule has 1 aliphatic rings. The quantitative estimate of drug-likeness (QED) is 0.438. The van der Waals surface area contributed by atoms with Gasteiger partial charge >= 0.3 is 5.69 Å². The van der Waals surface area contributed by atoms with Crippen LogP contribution in [0.1, 0.15) is 57.2 Å². The second-order valence-electron chi connectivity index (χ2n) is 6.42. The molecule has 0 saturated heterocycles. The number of aliphatic hydroxyl groups is 1. The highest BCUT2D eigenvalue weighted by Gasteiger charge is 2.29. The van der Waals surface area contributed by atoms with Crippen molar-refractivity contribution in [2.45, 2.75) is 64.7 Å². The summed E-state index contributed by atoms with van der Waals surface area (Å²) in [4.78, 5) is 26.7. The Bertz CT molecular complexity index is 714. The van der Waals surface area contributed by atoms with Crippen molar-refractivity contribution in [1.29, 1.82) is 0 Å². The first kappa shape index (κ1) is 21.3. The average Bonchev–Trinajstić information content (AvgIpc) is 3.03. The second-order valence-corrected chi connectivity index (χ2v) is 8.91. The molecule has 6 nitrogen and oxygen atoms in total. The molecule has 2 N–H and O–H groups in total. The molecule has 1 aromatic heterocycles. The van der Waals surface area contributed by atoms with E-state index < -0.39 is 23.6 Å². The molecule has 0 bridgehead atoms. The molecule has 26 heavy (non-hydrogen) atoms. The van der Waals surface area contributed by atoms with Crippen LogP contribution in [0.3, 0.4) is 0 Å². The van der Waals surface area contributed by atoms with Gasteiger partial charge in [-0.15, -0.1) is 0 Å². The largest absolute Gasteiger partial charge is 0.393 e. The monoisotopic (exact) mass is 400 g/mol. The number of aromatic amines is 1. The molecule has 2 atom stereocenters. The number of hydrogen-bond donors (Lipinski definition) is 2. The van der Waals surface area contributed by atoms with Gasteiger partial charge < -0.3 is 9.84 Å². The first-order chi connectivity index (χ1) is 12.6. The minimum Gasteiger partial charge on any atom is -0.393 e. The lowest BCUT2D eigenvalue weighted by atomic mass is 10.1. The molecule has 2 rings (SSSR count). The van der Waals surface area contributed by atoms with E-state index in [9.17, 15) is 14.7 Å². The Morgan fingerprint density at radius 3 is 2.69 bits per heavy atom. The van der Waals surface area contributed by atoms with Crippen LogP contribution >= 0.6 is 21.6 Å². The van der Waals surface area contributed by atoms with Crippen molar-refractivity contribution >= 4 is 21.6 Å². The summed E-state index contributed by atoms with van der Waals surface area (Å²) in [5.41, 5.74) is -0.457. The Morgan fingerprint density at radius 2 is 1.96 bits per heavy atom. The summed E-state index contributed by atoms with van der Waals surface area (Å²) in [6, 6.07) is 0. The zero-order valence-electron chi connectivity index (χ0n) is 15.4. The van der Waals surface area contributed by atoms with Gasteiger partial charge in [-0.1, -0.05) is 60.6 Å². The normalized spacial score (nSPS) is 19.7. The second kappa shape index (κ2) is 11.0. The van der Waals surface area contributed by atoms with Crippen molar-refractivity contribution < 1.29 is 9.84 Å². The molecular weight excluding hydrogens is 372 g/mol. The number of H-pyrrole nitrogens is 1. The van der Waals surface area contributed by atoms with E-state index in [-0.39, 0.29) is 6.61 Å². The number of aromatic nitrogens is 2. The zero-order chi connectivity index (χ0) is 18.9. The van der Waals surface area contributed by atoms with E-state index in [1.165, 1.54) is 49.3 Å². The Kier molecular flexibility index (Phi) is 9.04. The highest BCUT2D eigenvalue weighted by Crippen LogP contribution is 2.40. The van der Waals surface area contributed by atoms with Gasteiger partial charge in [0, 0.05) is 22.4 Å². The molecule has 0 aromatic carbocycles. The third-order valence-corrected chi connectivity index (χ3v) is 6.85. The summed E-state index contributed by atoms with van der Waals surface area (Å²) in [5.74, 6) is 1.05. The highest BCUT2D eigenvalue weighted by molar-refractivity contribution is 8.78. The molecule has 0 aliphatic carbocycles. The van der Waals surface area contributed by atoms with Gasteiger partial charge in [0.05, 0.1) is 6.61 Å². The summed E-state index contributed by atoms with van der Waals surface area (Å²) in [7, 11) is 3.35. The number of nitrogens with zero attached hydrogens (tertiary/aromatic N) is 1. The van der Waals surface area contributed by atoms with Crippen LogP contribution in [0.25, 0.3) is 0 Å². The standard InChI is InChI=1S/C18H28N2O4S2/c1-3-4-5-6-7-8-9-25-26-15-10-16(24-14(15)12-21)20-11-13(2)17(22)19-18(20)23/h10-11,14,16,21H,3-9,12H2,1-2H3,(H,19,22,23)/t14-,16-/m1/s1. The van der Waals surface area contributed by atoms with Gasteiger partial charge in [-0.2, -0.15) is 0 Å². The van der Waals surface area contributed by atoms with Gasteiger partial charge in [0.25, 0.3) is 5.56 Å². The molecule has 8 heteroatoms. The molecule has 2 heterocycles. The maximum atomic E-state index is 12.0. The van der Waals surface area contributed by atoms with E-state index in [4.69, 9.17) is 4.74 Å². The molecular formula is C18H28N2O4S2. The van der Waals surface area contributed by atoms with Crippen molar-refractivity contribution in [2.24, 2.45) is 0 Å². The van der Waals surface area contributed by atoms with E-state index in [0.29, 0.717) is 5.56 Å². The number of nitrogens with one attached hydrogen (secondary N) is 1. The Labute approximate surface area is 161 Å². The predicted octanol–water partition coefficient (Wildman–Crippen LogP) is 3.36. The fourth-order valence-electron chi connectivity index (χ4n) is 2.71. The van der Waals surface area contributed by atoms with E-state index in [1.54, 1.807) is 28.5 Å². The first-order valence-electron chi connectivity index (χ1n) is 9.16. The number of aliphatic hydroxyl groups excluding tert-OH is 1. The van der Waals surface area contributed by atoms with Gasteiger partial charge in [0.1, 0.15) is 6.10 Å². The van der Waals surface area contributed by atoms with Gasteiger partial charge in [0.15, 0.2) is 6.23 Å². The lowest BCUT2D eigenvalue weighted by Gasteiger charge is -2.15. The van der Waals surface area contributed by atoms with Crippen molar-refractivity contribution in [2.75, 3.05) is 12.4 Å². The summed E-state index contributed by atoms with van der Waals surface area (Å²) in [6.07, 6.45) is 9.93. The number of unbranched alkanes of at least 4 members (excludes halogenated alkanes) is 5. The van der Waals surface area contributed by atoms with Crippen molar-refractivity contribution in [1.82, 2.24) is 9.55 Å². The maximum Gasteiger partial charge on any atom is 0.330 e. The zero-order valence-corrected chi connectivity index (χ0v) is 17.0. The van der Waals surface area contributed by atoms with E-state index in [2.05, 4.69) is 11.9 Å². The molecule has 0 unspecified atom stereocenters. The van der Waals surface area contributed by atoms with Crippen LogP contribution in [0.15, 0.2) is 26.8 Å². The number of hydrogen-bond acceptors (Lipinski definition) is 6. The lowest BCUT2D eigenvalue weighted by Crippen LogP contribution is -2.33. The molecule has 0 spiro atoms. The third-order valence-electron chi connectivity index (χ3n) is 4.25. The molecule has 1 aromatic rings. The lowest BCUT2D eigenvalue weighted by molar-refractivity contribution is -0.0115. The molecule has 146 valence electrons. The number of ether oxygens (including phenoxy) is 1. The van der Waals surface area contributed by atoms with E-state index in [1.807, 2.05) is 6.08 Å². The average molecular weight is 401 g/mol. The minimum absolute atomic E-state index is 0.135. The molecule has 0 saturated carbocycles. The van der Waals surface area contributed by atoms with Crippen molar-refractivity contribution in [3.63, 3.8) is 0 Å². The highest BCUT2D eigenvalue weighted by atomic mass is 33.1. The fourth-order valence-corrected chi connectivity index (χ4v) is 5.16. The van der Waals surface area contributed by atoms with Crippen LogP contribution < -0.4 is 11.2 Å². The van der Waals surface area contributed by atoms with Crippen LogP contribution in [-0.4, -0.2) is 33.1 Å². The maximum absolute atomic E-state index is 12.0. The first-order valence-corrected chi connectivity index (χ1v) is 11.5.